The molecule has 13 heteroatoms. The van der Waals surface area contributed by atoms with Crippen molar-refractivity contribution in [2.75, 3.05) is 16.6 Å². The summed E-state index contributed by atoms with van der Waals surface area (Å²) in [6, 6.07) is 12.8. The number of hydrogen-bond acceptors (Lipinski definition) is 5. The fourth-order valence-electron chi connectivity index (χ4n) is 2.70. The molecule has 0 aromatic heterocycles. The first-order valence-electron chi connectivity index (χ1n) is 8.98. The zero-order chi connectivity index (χ0) is 24.4. The highest BCUT2D eigenvalue weighted by Crippen LogP contribution is 2.31. The van der Waals surface area contributed by atoms with Crippen molar-refractivity contribution in [3.8, 4) is 5.75 Å². The standard InChI is InChI=1S/C20H16F3IN2O5S2/c1-31-19-10-9-17(12-18(19)24)33(29,30)25-14-5-7-16(8-6-14)32(27,28)26-15-4-2-3-13(11-15)20(21,22)23/h2-12,25-26H,1H3. The van der Waals surface area contributed by atoms with Crippen LogP contribution in [0.3, 0.4) is 0 Å². The van der Waals surface area contributed by atoms with Gasteiger partial charge in [0, 0.05) is 11.4 Å². The number of nitrogens with one attached hydrogen (secondary N) is 2. The molecule has 0 bridgehead atoms. The van der Waals surface area contributed by atoms with Crippen LogP contribution in [0.15, 0.2) is 76.5 Å². The fourth-order valence-corrected chi connectivity index (χ4v) is 5.78. The third-order valence-corrected chi connectivity index (χ3v) is 7.91. The number of methoxy groups -OCH3 is 1. The van der Waals surface area contributed by atoms with E-state index in [9.17, 15) is 30.0 Å². The van der Waals surface area contributed by atoms with Gasteiger partial charge in [-0.1, -0.05) is 6.07 Å². The van der Waals surface area contributed by atoms with Crippen molar-refractivity contribution >= 4 is 54.0 Å². The van der Waals surface area contributed by atoms with Crippen molar-refractivity contribution in [2.24, 2.45) is 0 Å². The summed E-state index contributed by atoms with van der Waals surface area (Å²) in [5, 5.41) is 0. The predicted molar refractivity (Wildman–Crippen MR) is 125 cm³/mol. The first-order valence-corrected chi connectivity index (χ1v) is 13.0. The predicted octanol–water partition coefficient (Wildman–Crippen LogP) is 4.92. The lowest BCUT2D eigenvalue weighted by molar-refractivity contribution is -0.137. The molecule has 176 valence electrons. The van der Waals surface area contributed by atoms with E-state index in [1.165, 1.54) is 43.5 Å². The van der Waals surface area contributed by atoms with E-state index in [2.05, 4.69) is 9.44 Å². The quantitative estimate of drug-likeness (QED) is 0.369. The second-order valence-electron chi connectivity index (χ2n) is 6.61. The highest BCUT2D eigenvalue weighted by molar-refractivity contribution is 14.1. The number of sulfonamides is 2. The molecule has 2 N–H and O–H groups in total. The van der Waals surface area contributed by atoms with Crippen LogP contribution in [-0.4, -0.2) is 23.9 Å². The van der Waals surface area contributed by atoms with Crippen LogP contribution in [0.2, 0.25) is 0 Å². The van der Waals surface area contributed by atoms with Crippen molar-refractivity contribution < 1.29 is 34.7 Å². The molecule has 3 aromatic carbocycles. The van der Waals surface area contributed by atoms with E-state index in [0.29, 0.717) is 15.4 Å². The summed E-state index contributed by atoms with van der Waals surface area (Å²) in [6.45, 7) is 0. The Morgan fingerprint density at radius 3 is 1.94 bits per heavy atom. The van der Waals surface area contributed by atoms with Crippen molar-refractivity contribution in [1.29, 1.82) is 0 Å². The molecule has 3 rings (SSSR count). The molecule has 0 atom stereocenters. The average Bonchev–Trinajstić information content (AvgIpc) is 2.73. The Labute approximate surface area is 202 Å². The van der Waals surface area contributed by atoms with Crippen molar-refractivity contribution in [2.45, 2.75) is 16.0 Å². The smallest absolute Gasteiger partial charge is 0.416 e. The molecule has 0 spiro atoms. The second kappa shape index (κ2) is 9.38. The fraction of sp³-hybridized carbons (Fsp3) is 0.100. The molecule has 0 amide bonds. The van der Waals surface area contributed by atoms with Crippen LogP contribution in [0.1, 0.15) is 5.56 Å². The summed E-state index contributed by atoms with van der Waals surface area (Å²) in [4.78, 5) is -0.280. The molecule has 0 aliphatic heterocycles. The van der Waals surface area contributed by atoms with Crippen LogP contribution in [0, 0.1) is 3.57 Å². The number of hydrogen-bond donors (Lipinski definition) is 2. The SMILES string of the molecule is COc1ccc(S(=O)(=O)Nc2ccc(S(=O)(=O)Nc3cccc(C(F)(F)F)c3)cc2)cc1I. The maximum absolute atomic E-state index is 12.8. The summed E-state index contributed by atoms with van der Waals surface area (Å²) in [6.07, 6.45) is -4.62. The summed E-state index contributed by atoms with van der Waals surface area (Å²) in [7, 11) is -6.71. The van der Waals surface area contributed by atoms with Crippen LogP contribution in [0.25, 0.3) is 0 Å². The topological polar surface area (TPSA) is 102 Å². The molecule has 0 aliphatic rings. The van der Waals surface area contributed by atoms with Crippen molar-refractivity contribution in [3.05, 3.63) is 75.9 Å². The number of anilines is 2. The molecule has 33 heavy (non-hydrogen) atoms. The number of benzene rings is 3. The molecular formula is C20H16F3IN2O5S2. The van der Waals surface area contributed by atoms with E-state index < -0.39 is 31.8 Å². The molecule has 0 fully saturated rings. The Morgan fingerprint density at radius 2 is 1.36 bits per heavy atom. The largest absolute Gasteiger partial charge is 0.496 e. The van der Waals surface area contributed by atoms with Crippen LogP contribution >= 0.6 is 22.6 Å². The van der Waals surface area contributed by atoms with Gasteiger partial charge < -0.3 is 4.74 Å². The lowest BCUT2D eigenvalue weighted by atomic mass is 10.2. The Balaban J connectivity index is 1.79. The van der Waals surface area contributed by atoms with Gasteiger partial charge in [-0.05, 0) is 83.3 Å². The van der Waals surface area contributed by atoms with Gasteiger partial charge in [0.1, 0.15) is 5.75 Å². The van der Waals surface area contributed by atoms with E-state index in [4.69, 9.17) is 4.74 Å². The Morgan fingerprint density at radius 1 is 0.788 bits per heavy atom. The van der Waals surface area contributed by atoms with Gasteiger partial charge in [0.2, 0.25) is 0 Å². The third kappa shape index (κ3) is 6.09. The van der Waals surface area contributed by atoms with Crippen LogP contribution < -0.4 is 14.2 Å². The number of ether oxygens (including phenoxy) is 1. The average molecular weight is 612 g/mol. The minimum Gasteiger partial charge on any atom is -0.496 e. The molecule has 0 aliphatic carbocycles. The van der Waals surface area contributed by atoms with Crippen molar-refractivity contribution in [3.63, 3.8) is 0 Å². The zero-order valence-corrected chi connectivity index (χ0v) is 20.5. The summed E-state index contributed by atoms with van der Waals surface area (Å²) < 4.78 is 98.9. The highest BCUT2D eigenvalue weighted by Gasteiger charge is 2.30. The van der Waals surface area contributed by atoms with Gasteiger partial charge in [-0.25, -0.2) is 16.8 Å². The van der Waals surface area contributed by atoms with Gasteiger partial charge in [0.15, 0.2) is 0 Å². The Kier molecular flexibility index (Phi) is 7.14. The molecule has 0 unspecified atom stereocenters. The molecule has 3 aromatic rings. The summed E-state index contributed by atoms with van der Waals surface area (Å²) in [5.41, 5.74) is -1.16. The minimum atomic E-state index is -4.62. The third-order valence-electron chi connectivity index (χ3n) is 4.29. The van der Waals surface area contributed by atoms with Gasteiger partial charge >= 0.3 is 6.18 Å². The van der Waals surface area contributed by atoms with Gasteiger partial charge in [0.25, 0.3) is 20.0 Å². The number of halogens is 4. The number of rotatable bonds is 7. The van der Waals surface area contributed by atoms with Gasteiger partial charge in [-0.3, -0.25) is 9.44 Å². The molecule has 0 heterocycles. The molecule has 0 saturated heterocycles. The van der Waals surface area contributed by atoms with Crippen LogP contribution in [0.4, 0.5) is 24.5 Å². The van der Waals surface area contributed by atoms with E-state index in [1.54, 1.807) is 0 Å². The maximum Gasteiger partial charge on any atom is 0.416 e. The molecule has 7 nitrogen and oxygen atoms in total. The van der Waals surface area contributed by atoms with Gasteiger partial charge in [0.05, 0.1) is 26.0 Å². The summed E-state index contributed by atoms with van der Waals surface area (Å²) >= 11 is 1.93. The lowest BCUT2D eigenvalue weighted by Crippen LogP contribution is -2.15. The maximum atomic E-state index is 12.8. The van der Waals surface area contributed by atoms with E-state index in [0.717, 1.165) is 24.3 Å². The van der Waals surface area contributed by atoms with E-state index in [1.807, 2.05) is 22.6 Å². The van der Waals surface area contributed by atoms with Crippen molar-refractivity contribution in [1.82, 2.24) is 0 Å². The monoisotopic (exact) mass is 612 g/mol. The highest BCUT2D eigenvalue weighted by atomic mass is 127. The van der Waals surface area contributed by atoms with Gasteiger partial charge in [-0.2, -0.15) is 13.2 Å². The molecular weight excluding hydrogens is 596 g/mol. The first kappa shape index (κ1) is 25.1. The first-order chi connectivity index (χ1) is 15.3. The zero-order valence-electron chi connectivity index (χ0n) is 16.7. The van der Waals surface area contributed by atoms with E-state index in [-0.39, 0.29) is 21.2 Å². The van der Waals surface area contributed by atoms with Gasteiger partial charge in [-0.15, -0.1) is 0 Å². The second-order valence-corrected chi connectivity index (χ2v) is 11.1. The normalized spacial score (nSPS) is 12.3. The van der Waals surface area contributed by atoms with E-state index >= 15 is 0 Å². The summed E-state index contributed by atoms with van der Waals surface area (Å²) in [5.74, 6) is 0.511. The number of alkyl halides is 3. The Bertz CT molecular complexity index is 1380. The Hall–Kier alpha value is -2.52. The molecule has 0 saturated carbocycles. The van der Waals surface area contributed by atoms with Crippen LogP contribution in [0.5, 0.6) is 5.75 Å². The lowest BCUT2D eigenvalue weighted by Gasteiger charge is -2.12. The van der Waals surface area contributed by atoms with Crippen LogP contribution in [-0.2, 0) is 26.2 Å². The molecule has 0 radical (unpaired) electrons. The minimum absolute atomic E-state index is 0.0180.